The number of hydrogen-bond donors (Lipinski definition) is 1. The Morgan fingerprint density at radius 1 is 1.26 bits per heavy atom. The summed E-state index contributed by atoms with van der Waals surface area (Å²) in [5.41, 5.74) is 0. The number of nitrogens with zero attached hydrogens (tertiary/aromatic N) is 1. The summed E-state index contributed by atoms with van der Waals surface area (Å²) in [6.07, 6.45) is 1.98. The monoisotopic (exact) mass is 286 g/mol. The molecule has 1 aromatic rings. The maximum Gasteiger partial charge on any atom is 0.242 e. The Bertz CT molecular complexity index is 510. The fourth-order valence-corrected chi connectivity index (χ4v) is 3.56. The first-order valence-electron chi connectivity index (χ1n) is 6.43. The molecule has 1 N–H and O–H groups in total. The first-order valence-corrected chi connectivity index (χ1v) is 7.87. The minimum absolute atomic E-state index is 0.144. The third-order valence-corrected chi connectivity index (χ3v) is 5.33. The van der Waals surface area contributed by atoms with Crippen molar-refractivity contribution in [2.75, 3.05) is 26.7 Å². The van der Waals surface area contributed by atoms with Crippen LogP contribution >= 0.6 is 0 Å². The summed E-state index contributed by atoms with van der Waals surface area (Å²) in [6.45, 7) is 2.39. The van der Waals surface area contributed by atoms with Crippen LogP contribution in [0.1, 0.15) is 12.8 Å². The van der Waals surface area contributed by atoms with Crippen LogP contribution in [0.4, 0.5) is 4.39 Å². The molecule has 106 valence electrons. The molecule has 0 amide bonds. The van der Waals surface area contributed by atoms with Crippen molar-refractivity contribution in [2.24, 2.45) is 5.92 Å². The molecule has 1 fully saturated rings. The van der Waals surface area contributed by atoms with Gasteiger partial charge in [0.15, 0.2) is 0 Å². The van der Waals surface area contributed by atoms with Gasteiger partial charge in [0.1, 0.15) is 5.82 Å². The number of hydrogen-bond acceptors (Lipinski definition) is 3. The molecule has 0 saturated carbocycles. The van der Waals surface area contributed by atoms with Gasteiger partial charge in [-0.1, -0.05) is 0 Å². The Morgan fingerprint density at radius 2 is 1.84 bits per heavy atom. The molecular formula is C13H19FN2O2S. The molecule has 0 aromatic heterocycles. The maximum atomic E-state index is 12.8. The number of piperidine rings is 1. The minimum Gasteiger partial charge on any atom is -0.317 e. The molecule has 1 heterocycles. The highest BCUT2D eigenvalue weighted by atomic mass is 32.2. The summed E-state index contributed by atoms with van der Waals surface area (Å²) in [6, 6.07) is 4.96. The summed E-state index contributed by atoms with van der Waals surface area (Å²) >= 11 is 0. The van der Waals surface area contributed by atoms with Gasteiger partial charge in [-0.25, -0.2) is 17.1 Å². The SMILES string of the molecule is CN(CC1CCNCC1)S(=O)(=O)c1ccc(F)cc1. The molecule has 0 atom stereocenters. The third kappa shape index (κ3) is 3.52. The van der Waals surface area contributed by atoms with Crippen molar-refractivity contribution < 1.29 is 12.8 Å². The maximum absolute atomic E-state index is 12.8. The largest absolute Gasteiger partial charge is 0.317 e. The van der Waals surface area contributed by atoms with Crippen LogP contribution in [0.25, 0.3) is 0 Å². The van der Waals surface area contributed by atoms with E-state index in [0.717, 1.165) is 25.9 Å². The van der Waals surface area contributed by atoms with Gasteiger partial charge < -0.3 is 5.32 Å². The summed E-state index contributed by atoms with van der Waals surface area (Å²) in [5.74, 6) is -0.0403. The second-order valence-corrected chi connectivity index (χ2v) is 6.98. The van der Waals surface area contributed by atoms with Crippen molar-refractivity contribution in [3.63, 3.8) is 0 Å². The summed E-state index contributed by atoms with van der Waals surface area (Å²) in [4.78, 5) is 0.144. The van der Waals surface area contributed by atoms with Crippen molar-refractivity contribution in [1.82, 2.24) is 9.62 Å². The zero-order chi connectivity index (χ0) is 13.9. The van der Waals surface area contributed by atoms with Gasteiger partial charge in [-0.15, -0.1) is 0 Å². The number of nitrogens with one attached hydrogen (secondary N) is 1. The molecule has 0 unspecified atom stereocenters. The van der Waals surface area contributed by atoms with E-state index >= 15 is 0 Å². The van der Waals surface area contributed by atoms with Crippen molar-refractivity contribution in [3.05, 3.63) is 30.1 Å². The zero-order valence-corrected chi connectivity index (χ0v) is 11.8. The van der Waals surface area contributed by atoms with Gasteiger partial charge >= 0.3 is 0 Å². The molecule has 0 spiro atoms. The number of halogens is 1. The average Bonchev–Trinajstić information content (AvgIpc) is 2.40. The Kier molecular flexibility index (Phi) is 4.54. The highest BCUT2D eigenvalue weighted by molar-refractivity contribution is 7.89. The van der Waals surface area contributed by atoms with E-state index in [1.54, 1.807) is 7.05 Å². The smallest absolute Gasteiger partial charge is 0.242 e. The van der Waals surface area contributed by atoms with Gasteiger partial charge in [-0.05, 0) is 56.1 Å². The number of sulfonamides is 1. The van der Waals surface area contributed by atoms with Crippen molar-refractivity contribution in [3.8, 4) is 0 Å². The van der Waals surface area contributed by atoms with Crippen LogP contribution in [0.15, 0.2) is 29.2 Å². The Balaban J connectivity index is 2.07. The molecule has 4 nitrogen and oxygen atoms in total. The molecule has 1 aliphatic heterocycles. The highest BCUT2D eigenvalue weighted by Crippen LogP contribution is 2.19. The predicted molar refractivity (Wildman–Crippen MR) is 71.8 cm³/mol. The van der Waals surface area contributed by atoms with Crippen molar-refractivity contribution >= 4 is 10.0 Å². The average molecular weight is 286 g/mol. The fourth-order valence-electron chi connectivity index (χ4n) is 2.31. The molecule has 0 bridgehead atoms. The second-order valence-electron chi connectivity index (χ2n) is 4.93. The van der Waals surface area contributed by atoms with Crippen LogP contribution in [0.2, 0.25) is 0 Å². The van der Waals surface area contributed by atoms with E-state index in [1.165, 1.54) is 28.6 Å². The molecule has 1 aromatic carbocycles. The van der Waals surface area contributed by atoms with E-state index in [2.05, 4.69) is 5.32 Å². The summed E-state index contributed by atoms with van der Waals surface area (Å²) in [5, 5.41) is 3.25. The summed E-state index contributed by atoms with van der Waals surface area (Å²) < 4.78 is 38.8. The number of benzene rings is 1. The zero-order valence-electron chi connectivity index (χ0n) is 11.0. The van der Waals surface area contributed by atoms with Crippen LogP contribution in [0, 0.1) is 11.7 Å². The van der Waals surface area contributed by atoms with E-state index in [0.29, 0.717) is 12.5 Å². The van der Waals surface area contributed by atoms with Crippen LogP contribution in [-0.2, 0) is 10.0 Å². The van der Waals surface area contributed by atoms with E-state index in [4.69, 9.17) is 0 Å². The van der Waals surface area contributed by atoms with Crippen LogP contribution in [0.3, 0.4) is 0 Å². The molecule has 19 heavy (non-hydrogen) atoms. The molecule has 0 aliphatic carbocycles. The predicted octanol–water partition coefficient (Wildman–Crippen LogP) is 1.45. The van der Waals surface area contributed by atoms with Crippen LogP contribution < -0.4 is 5.32 Å². The molecule has 2 rings (SSSR count). The highest BCUT2D eigenvalue weighted by Gasteiger charge is 2.24. The summed E-state index contributed by atoms with van der Waals surface area (Å²) in [7, 11) is -1.92. The van der Waals surface area contributed by atoms with E-state index in [9.17, 15) is 12.8 Å². The lowest BCUT2D eigenvalue weighted by atomic mass is 9.98. The quantitative estimate of drug-likeness (QED) is 0.911. The Hall–Kier alpha value is -0.980. The van der Waals surface area contributed by atoms with Gasteiger partial charge in [0.2, 0.25) is 10.0 Å². The molecule has 1 aliphatic rings. The number of rotatable bonds is 4. The van der Waals surface area contributed by atoms with Crippen molar-refractivity contribution in [1.29, 1.82) is 0 Å². The fraction of sp³-hybridized carbons (Fsp3) is 0.538. The Morgan fingerprint density at radius 3 is 2.42 bits per heavy atom. The van der Waals surface area contributed by atoms with Gasteiger partial charge in [0.05, 0.1) is 4.90 Å². The van der Waals surface area contributed by atoms with E-state index in [1.807, 2.05) is 0 Å². The molecule has 6 heteroatoms. The Labute approximate surface area is 113 Å². The van der Waals surface area contributed by atoms with E-state index in [-0.39, 0.29) is 4.90 Å². The van der Waals surface area contributed by atoms with Gasteiger partial charge in [0, 0.05) is 13.6 Å². The van der Waals surface area contributed by atoms with Crippen molar-refractivity contribution in [2.45, 2.75) is 17.7 Å². The topological polar surface area (TPSA) is 49.4 Å². The molecule has 0 radical (unpaired) electrons. The lowest BCUT2D eigenvalue weighted by Crippen LogP contribution is -2.37. The normalized spacial score (nSPS) is 17.8. The second kappa shape index (κ2) is 5.98. The van der Waals surface area contributed by atoms with Gasteiger partial charge in [-0.2, -0.15) is 0 Å². The van der Waals surface area contributed by atoms with Crippen LogP contribution in [0.5, 0.6) is 0 Å². The molecular weight excluding hydrogens is 267 g/mol. The van der Waals surface area contributed by atoms with E-state index < -0.39 is 15.8 Å². The minimum atomic E-state index is -3.51. The first kappa shape index (κ1) is 14.4. The van der Waals surface area contributed by atoms with Gasteiger partial charge in [0.25, 0.3) is 0 Å². The van der Waals surface area contributed by atoms with Crippen LogP contribution in [-0.4, -0.2) is 39.4 Å². The first-order chi connectivity index (χ1) is 9.00. The third-order valence-electron chi connectivity index (χ3n) is 3.50. The lowest BCUT2D eigenvalue weighted by molar-refractivity contribution is 0.311. The van der Waals surface area contributed by atoms with Gasteiger partial charge in [-0.3, -0.25) is 0 Å². The standard InChI is InChI=1S/C13H19FN2O2S/c1-16(10-11-6-8-15-9-7-11)19(17,18)13-4-2-12(14)3-5-13/h2-5,11,15H,6-10H2,1H3. The lowest BCUT2D eigenvalue weighted by Gasteiger charge is -2.27. The molecule has 1 saturated heterocycles.